The predicted molar refractivity (Wildman–Crippen MR) is 81.0 cm³/mol. The lowest BCUT2D eigenvalue weighted by Gasteiger charge is -2.08. The lowest BCUT2D eigenvalue weighted by molar-refractivity contribution is 0.415. The van der Waals surface area contributed by atoms with E-state index in [0.29, 0.717) is 12.3 Å². The molecule has 0 aliphatic rings. The molecule has 0 aromatic heterocycles. The van der Waals surface area contributed by atoms with Gasteiger partial charge in [0.05, 0.1) is 12.9 Å². The van der Waals surface area contributed by atoms with Crippen LogP contribution in [-0.4, -0.2) is 19.5 Å². The van der Waals surface area contributed by atoms with Crippen LogP contribution in [0.25, 0.3) is 10.8 Å². The smallest absolute Gasteiger partial charge is 0.119 e. The summed E-state index contributed by atoms with van der Waals surface area (Å²) in [6.45, 7) is 2.89. The van der Waals surface area contributed by atoms with Gasteiger partial charge in [-0.05, 0) is 34.9 Å². The van der Waals surface area contributed by atoms with Gasteiger partial charge < -0.3 is 10.5 Å². The Morgan fingerprint density at radius 2 is 2.11 bits per heavy atom. The van der Waals surface area contributed by atoms with E-state index in [9.17, 15) is 0 Å². The average Bonchev–Trinajstić information content (AvgIpc) is 2.45. The van der Waals surface area contributed by atoms with Gasteiger partial charge in [0.25, 0.3) is 0 Å². The van der Waals surface area contributed by atoms with Crippen molar-refractivity contribution in [1.82, 2.24) is 0 Å². The summed E-state index contributed by atoms with van der Waals surface area (Å²) in [6.07, 6.45) is 1.70. The van der Waals surface area contributed by atoms with Crippen molar-refractivity contribution < 1.29 is 4.74 Å². The normalized spacial score (nSPS) is 11.8. The highest BCUT2D eigenvalue weighted by Crippen LogP contribution is 2.24. The molecule has 0 heterocycles. The Morgan fingerprint density at radius 3 is 2.84 bits per heavy atom. The van der Waals surface area contributed by atoms with E-state index in [4.69, 9.17) is 10.5 Å². The fourth-order valence-electron chi connectivity index (χ4n) is 2.10. The first kappa shape index (κ1) is 13.4. The topological polar surface area (TPSA) is 47.6 Å². The van der Waals surface area contributed by atoms with Crippen LogP contribution in [0.2, 0.25) is 0 Å². The highest BCUT2D eigenvalue weighted by atomic mass is 16.5. The second-order valence-corrected chi connectivity index (χ2v) is 4.55. The van der Waals surface area contributed by atoms with Crippen LogP contribution in [0.15, 0.2) is 41.4 Å². The number of nitrogens with two attached hydrogens (primary N) is 1. The summed E-state index contributed by atoms with van der Waals surface area (Å²) < 4.78 is 5.29. The highest BCUT2D eigenvalue weighted by Gasteiger charge is 2.04. The number of methoxy groups -OCH3 is 1. The van der Waals surface area contributed by atoms with Crippen LogP contribution in [0, 0.1) is 0 Å². The largest absolute Gasteiger partial charge is 0.497 e. The standard InChI is InChI=1S/C16H20N2O/c1-3-9-18-16(17)10-13-6-4-5-12-7-8-14(19-2)11-15(12)13/h4-8,11H,3,9-10H2,1-2H3,(H2,17,18). The number of aliphatic imine (C=N–C) groups is 1. The van der Waals surface area contributed by atoms with Crippen molar-refractivity contribution in [1.29, 1.82) is 0 Å². The third-order valence-corrected chi connectivity index (χ3v) is 3.09. The van der Waals surface area contributed by atoms with E-state index in [0.717, 1.165) is 18.7 Å². The molecule has 0 saturated carbocycles. The van der Waals surface area contributed by atoms with Gasteiger partial charge in [-0.3, -0.25) is 4.99 Å². The third-order valence-electron chi connectivity index (χ3n) is 3.09. The van der Waals surface area contributed by atoms with Gasteiger partial charge in [-0.1, -0.05) is 31.2 Å². The van der Waals surface area contributed by atoms with Gasteiger partial charge in [0.15, 0.2) is 0 Å². The minimum Gasteiger partial charge on any atom is -0.497 e. The van der Waals surface area contributed by atoms with E-state index >= 15 is 0 Å². The fourth-order valence-corrected chi connectivity index (χ4v) is 2.10. The average molecular weight is 256 g/mol. The molecule has 100 valence electrons. The van der Waals surface area contributed by atoms with E-state index in [2.05, 4.69) is 42.2 Å². The number of nitrogens with zero attached hydrogens (tertiary/aromatic N) is 1. The Kier molecular flexibility index (Phi) is 4.39. The lowest BCUT2D eigenvalue weighted by atomic mass is 10.0. The van der Waals surface area contributed by atoms with Gasteiger partial charge >= 0.3 is 0 Å². The van der Waals surface area contributed by atoms with Crippen molar-refractivity contribution in [3.8, 4) is 5.75 Å². The maximum Gasteiger partial charge on any atom is 0.119 e. The van der Waals surface area contributed by atoms with Crippen molar-refractivity contribution >= 4 is 16.6 Å². The molecule has 0 radical (unpaired) electrons. The van der Waals surface area contributed by atoms with Crippen molar-refractivity contribution in [3.05, 3.63) is 42.0 Å². The summed E-state index contributed by atoms with van der Waals surface area (Å²) in [5.41, 5.74) is 7.16. The lowest BCUT2D eigenvalue weighted by Crippen LogP contribution is -2.15. The van der Waals surface area contributed by atoms with E-state index < -0.39 is 0 Å². The zero-order valence-electron chi connectivity index (χ0n) is 11.5. The number of amidine groups is 1. The van der Waals surface area contributed by atoms with Gasteiger partial charge in [-0.2, -0.15) is 0 Å². The summed E-state index contributed by atoms with van der Waals surface area (Å²) in [5.74, 6) is 1.56. The fraction of sp³-hybridized carbons (Fsp3) is 0.312. The Bertz CT molecular complexity index is 590. The first-order valence-corrected chi connectivity index (χ1v) is 6.59. The number of ether oxygens (including phenoxy) is 1. The van der Waals surface area contributed by atoms with Crippen LogP contribution in [0.3, 0.4) is 0 Å². The number of rotatable bonds is 5. The molecular weight excluding hydrogens is 236 g/mol. The van der Waals surface area contributed by atoms with E-state index in [1.54, 1.807) is 7.11 Å². The SMILES string of the molecule is CCCN=C(N)Cc1cccc2ccc(OC)cc12. The van der Waals surface area contributed by atoms with Gasteiger partial charge in [-0.15, -0.1) is 0 Å². The monoisotopic (exact) mass is 256 g/mol. The van der Waals surface area contributed by atoms with Crippen LogP contribution in [-0.2, 0) is 6.42 Å². The molecule has 2 aromatic carbocycles. The van der Waals surface area contributed by atoms with Crippen LogP contribution < -0.4 is 10.5 Å². The summed E-state index contributed by atoms with van der Waals surface area (Å²) >= 11 is 0. The molecule has 0 aliphatic heterocycles. The number of hydrogen-bond donors (Lipinski definition) is 1. The van der Waals surface area contributed by atoms with E-state index in [-0.39, 0.29) is 0 Å². The second kappa shape index (κ2) is 6.23. The molecule has 3 nitrogen and oxygen atoms in total. The first-order chi connectivity index (χ1) is 9.24. The molecule has 0 fully saturated rings. The summed E-state index contributed by atoms with van der Waals surface area (Å²) in [4.78, 5) is 4.35. The van der Waals surface area contributed by atoms with Crippen LogP contribution in [0.5, 0.6) is 5.75 Å². The van der Waals surface area contributed by atoms with E-state index in [1.807, 2.05) is 6.07 Å². The van der Waals surface area contributed by atoms with Gasteiger partial charge in [-0.25, -0.2) is 0 Å². The molecule has 19 heavy (non-hydrogen) atoms. The molecule has 0 amide bonds. The molecule has 2 N–H and O–H groups in total. The van der Waals surface area contributed by atoms with Crippen molar-refractivity contribution in [2.45, 2.75) is 19.8 Å². The highest BCUT2D eigenvalue weighted by molar-refractivity contribution is 5.92. The maximum absolute atomic E-state index is 5.97. The van der Waals surface area contributed by atoms with Crippen molar-refractivity contribution in [2.24, 2.45) is 10.7 Å². The third kappa shape index (κ3) is 3.25. The quantitative estimate of drug-likeness (QED) is 0.660. The molecule has 0 aliphatic carbocycles. The minimum absolute atomic E-state index is 0.685. The second-order valence-electron chi connectivity index (χ2n) is 4.55. The predicted octanol–water partition coefficient (Wildman–Crippen LogP) is 3.16. The van der Waals surface area contributed by atoms with Crippen molar-refractivity contribution in [3.63, 3.8) is 0 Å². The molecule has 0 atom stereocenters. The maximum atomic E-state index is 5.97. The van der Waals surface area contributed by atoms with Gasteiger partial charge in [0.2, 0.25) is 0 Å². The molecule has 2 rings (SSSR count). The number of fused-ring (bicyclic) bond motifs is 1. The Morgan fingerprint density at radius 1 is 1.26 bits per heavy atom. The van der Waals surface area contributed by atoms with Crippen LogP contribution in [0.4, 0.5) is 0 Å². The molecule has 3 heteroatoms. The minimum atomic E-state index is 0.685. The number of benzene rings is 2. The van der Waals surface area contributed by atoms with Gasteiger partial charge in [0.1, 0.15) is 5.75 Å². The number of hydrogen-bond acceptors (Lipinski definition) is 2. The van der Waals surface area contributed by atoms with Crippen LogP contribution >= 0.6 is 0 Å². The zero-order valence-corrected chi connectivity index (χ0v) is 11.5. The van der Waals surface area contributed by atoms with Crippen LogP contribution in [0.1, 0.15) is 18.9 Å². The summed E-state index contributed by atoms with van der Waals surface area (Å²) in [5, 5.41) is 2.37. The molecular formula is C16H20N2O. The molecule has 0 spiro atoms. The molecule has 0 bridgehead atoms. The Labute approximate surface area is 114 Å². The van der Waals surface area contributed by atoms with Crippen molar-refractivity contribution in [2.75, 3.05) is 13.7 Å². The molecule has 2 aromatic rings. The molecule has 0 saturated heterocycles. The zero-order chi connectivity index (χ0) is 13.7. The Balaban J connectivity index is 2.36. The summed E-state index contributed by atoms with van der Waals surface area (Å²) in [7, 11) is 1.68. The first-order valence-electron chi connectivity index (χ1n) is 6.59. The summed E-state index contributed by atoms with van der Waals surface area (Å²) in [6, 6.07) is 12.3. The van der Waals surface area contributed by atoms with Gasteiger partial charge in [0, 0.05) is 13.0 Å². The Hall–Kier alpha value is -2.03. The van der Waals surface area contributed by atoms with E-state index in [1.165, 1.54) is 16.3 Å². The molecule has 0 unspecified atom stereocenters.